The number of rotatable bonds is 4. The Hall–Kier alpha value is -2.58. The number of halogens is 3. The predicted molar refractivity (Wildman–Crippen MR) is 77.6 cm³/mol. The Kier molecular flexibility index (Phi) is 4.87. The Bertz CT molecular complexity index is 683. The Labute approximate surface area is 130 Å². The fraction of sp³-hybridized carbons (Fsp3) is 0.357. The molecule has 0 saturated heterocycles. The SMILES string of the molecule is CCn1cnc(NC(=O)N(C)Cc2cccc(C(F)(F)F)c2)n1. The highest BCUT2D eigenvalue weighted by Gasteiger charge is 2.30. The summed E-state index contributed by atoms with van der Waals surface area (Å²) >= 11 is 0. The van der Waals surface area contributed by atoms with Crippen LogP contribution in [0.4, 0.5) is 23.9 Å². The highest BCUT2D eigenvalue weighted by atomic mass is 19.4. The van der Waals surface area contributed by atoms with Crippen LogP contribution < -0.4 is 5.32 Å². The molecule has 0 fully saturated rings. The first-order valence-corrected chi connectivity index (χ1v) is 6.87. The Balaban J connectivity index is 2.00. The molecule has 1 N–H and O–H groups in total. The number of amides is 2. The molecule has 0 saturated carbocycles. The van der Waals surface area contributed by atoms with E-state index in [1.54, 1.807) is 4.68 Å². The standard InChI is InChI=1S/C14H16F3N5O/c1-3-22-9-18-12(20-22)19-13(23)21(2)8-10-5-4-6-11(7-10)14(15,16)17/h4-7,9H,3,8H2,1-2H3,(H,19,20,23). The third-order valence-electron chi connectivity index (χ3n) is 3.10. The van der Waals surface area contributed by atoms with Crippen LogP contribution in [0.25, 0.3) is 0 Å². The molecule has 1 aromatic heterocycles. The van der Waals surface area contributed by atoms with Crippen molar-refractivity contribution in [2.75, 3.05) is 12.4 Å². The second-order valence-electron chi connectivity index (χ2n) is 4.91. The third-order valence-corrected chi connectivity index (χ3v) is 3.10. The van der Waals surface area contributed by atoms with E-state index < -0.39 is 17.8 Å². The second kappa shape index (κ2) is 6.67. The number of aryl methyl sites for hydroxylation is 1. The van der Waals surface area contributed by atoms with Crippen LogP contribution in [0, 0.1) is 0 Å². The van der Waals surface area contributed by atoms with Gasteiger partial charge in [-0.2, -0.15) is 13.2 Å². The Morgan fingerprint density at radius 3 is 2.74 bits per heavy atom. The summed E-state index contributed by atoms with van der Waals surface area (Å²) < 4.78 is 39.6. The molecule has 0 aliphatic carbocycles. The Morgan fingerprint density at radius 2 is 2.13 bits per heavy atom. The fourth-order valence-corrected chi connectivity index (χ4v) is 1.89. The average molecular weight is 327 g/mol. The lowest BCUT2D eigenvalue weighted by Gasteiger charge is -2.17. The molecule has 23 heavy (non-hydrogen) atoms. The van der Waals surface area contributed by atoms with Gasteiger partial charge < -0.3 is 4.90 Å². The quantitative estimate of drug-likeness (QED) is 0.939. The molecule has 0 aliphatic rings. The summed E-state index contributed by atoms with van der Waals surface area (Å²) in [5, 5.41) is 6.49. The number of urea groups is 1. The molecule has 9 heteroatoms. The van der Waals surface area contributed by atoms with Gasteiger partial charge in [0, 0.05) is 20.1 Å². The molecule has 0 spiro atoms. The monoisotopic (exact) mass is 327 g/mol. The molecule has 2 rings (SSSR count). The van der Waals surface area contributed by atoms with Crippen LogP contribution in [0.15, 0.2) is 30.6 Å². The van der Waals surface area contributed by atoms with Gasteiger partial charge in [-0.3, -0.25) is 10.00 Å². The second-order valence-corrected chi connectivity index (χ2v) is 4.91. The fourth-order valence-electron chi connectivity index (χ4n) is 1.89. The van der Waals surface area contributed by atoms with E-state index in [9.17, 15) is 18.0 Å². The van der Waals surface area contributed by atoms with E-state index in [1.165, 1.54) is 30.4 Å². The van der Waals surface area contributed by atoms with Crippen molar-refractivity contribution in [1.82, 2.24) is 19.7 Å². The van der Waals surface area contributed by atoms with Crippen molar-refractivity contribution in [3.8, 4) is 0 Å². The van der Waals surface area contributed by atoms with Crippen LogP contribution in [-0.2, 0) is 19.3 Å². The van der Waals surface area contributed by atoms with Crippen molar-refractivity contribution in [3.05, 3.63) is 41.7 Å². The lowest BCUT2D eigenvalue weighted by atomic mass is 10.1. The van der Waals surface area contributed by atoms with Gasteiger partial charge in [-0.15, -0.1) is 5.10 Å². The zero-order chi connectivity index (χ0) is 17.0. The number of hydrogen-bond acceptors (Lipinski definition) is 3. The van der Waals surface area contributed by atoms with Gasteiger partial charge >= 0.3 is 12.2 Å². The van der Waals surface area contributed by atoms with Crippen LogP contribution in [0.1, 0.15) is 18.1 Å². The normalized spacial score (nSPS) is 11.3. The summed E-state index contributed by atoms with van der Waals surface area (Å²) in [5.41, 5.74) is -0.364. The lowest BCUT2D eigenvalue weighted by Crippen LogP contribution is -2.31. The topological polar surface area (TPSA) is 63.1 Å². The molecule has 2 aromatic rings. The van der Waals surface area contributed by atoms with Crippen LogP contribution in [0.3, 0.4) is 0 Å². The number of anilines is 1. The van der Waals surface area contributed by atoms with Gasteiger partial charge in [0.05, 0.1) is 5.56 Å². The van der Waals surface area contributed by atoms with E-state index in [1.807, 2.05) is 6.92 Å². The molecular weight excluding hydrogens is 311 g/mol. The molecule has 2 amide bonds. The minimum absolute atomic E-state index is 0.0320. The molecule has 0 bridgehead atoms. The zero-order valence-corrected chi connectivity index (χ0v) is 12.6. The predicted octanol–water partition coefficient (Wildman–Crippen LogP) is 2.98. The first kappa shape index (κ1) is 16.8. The van der Waals surface area contributed by atoms with Crippen molar-refractivity contribution < 1.29 is 18.0 Å². The van der Waals surface area contributed by atoms with Crippen molar-refractivity contribution in [3.63, 3.8) is 0 Å². The van der Waals surface area contributed by atoms with Gasteiger partial charge in [-0.1, -0.05) is 12.1 Å². The minimum Gasteiger partial charge on any atom is -0.323 e. The van der Waals surface area contributed by atoms with Gasteiger partial charge in [-0.25, -0.2) is 9.78 Å². The lowest BCUT2D eigenvalue weighted by molar-refractivity contribution is -0.137. The number of carbonyl (C=O) groups excluding carboxylic acids is 1. The van der Waals surface area contributed by atoms with Crippen molar-refractivity contribution in [1.29, 1.82) is 0 Å². The molecule has 0 radical (unpaired) electrons. The number of nitrogens with zero attached hydrogens (tertiary/aromatic N) is 4. The van der Waals surface area contributed by atoms with Gasteiger partial charge in [0.2, 0.25) is 5.95 Å². The van der Waals surface area contributed by atoms with Crippen LogP contribution in [0.5, 0.6) is 0 Å². The summed E-state index contributed by atoms with van der Waals surface area (Å²) in [6.07, 6.45) is -2.93. The molecule has 0 aliphatic heterocycles. The molecule has 1 heterocycles. The summed E-state index contributed by atoms with van der Waals surface area (Å²) in [5.74, 6) is 0.146. The summed E-state index contributed by atoms with van der Waals surface area (Å²) in [7, 11) is 1.48. The van der Waals surface area contributed by atoms with Crippen molar-refractivity contribution in [2.24, 2.45) is 0 Å². The van der Waals surface area contributed by atoms with E-state index in [0.717, 1.165) is 12.1 Å². The number of hydrogen-bond donors (Lipinski definition) is 1. The van der Waals surface area contributed by atoms with Gasteiger partial charge in [0.25, 0.3) is 0 Å². The summed E-state index contributed by atoms with van der Waals surface area (Å²) in [6, 6.07) is 4.35. The number of benzene rings is 1. The van der Waals surface area contributed by atoms with E-state index >= 15 is 0 Å². The van der Waals surface area contributed by atoms with E-state index in [0.29, 0.717) is 12.1 Å². The molecule has 0 unspecified atom stereocenters. The third kappa shape index (κ3) is 4.44. The van der Waals surface area contributed by atoms with Crippen molar-refractivity contribution in [2.45, 2.75) is 26.2 Å². The average Bonchev–Trinajstić information content (AvgIpc) is 2.94. The van der Waals surface area contributed by atoms with Gasteiger partial charge in [-0.05, 0) is 24.6 Å². The van der Waals surface area contributed by atoms with E-state index in [-0.39, 0.29) is 12.5 Å². The maximum absolute atomic E-state index is 12.7. The van der Waals surface area contributed by atoms with E-state index in [4.69, 9.17) is 0 Å². The van der Waals surface area contributed by atoms with Crippen LogP contribution >= 0.6 is 0 Å². The molecule has 1 aromatic carbocycles. The van der Waals surface area contributed by atoms with E-state index in [2.05, 4.69) is 15.4 Å². The largest absolute Gasteiger partial charge is 0.416 e. The van der Waals surface area contributed by atoms with Gasteiger partial charge in [0.1, 0.15) is 6.33 Å². The maximum Gasteiger partial charge on any atom is 0.416 e. The minimum atomic E-state index is -4.41. The molecular formula is C14H16F3N5O. The van der Waals surface area contributed by atoms with Crippen molar-refractivity contribution >= 4 is 12.0 Å². The number of aromatic nitrogens is 3. The number of carbonyl (C=O) groups is 1. The molecule has 0 atom stereocenters. The van der Waals surface area contributed by atoms with Gasteiger partial charge in [0.15, 0.2) is 0 Å². The summed E-state index contributed by atoms with van der Waals surface area (Å²) in [6.45, 7) is 2.52. The highest BCUT2D eigenvalue weighted by molar-refractivity contribution is 5.87. The smallest absolute Gasteiger partial charge is 0.323 e. The maximum atomic E-state index is 12.7. The first-order valence-electron chi connectivity index (χ1n) is 6.87. The van der Waals surface area contributed by atoms with Crippen LogP contribution in [-0.4, -0.2) is 32.7 Å². The highest BCUT2D eigenvalue weighted by Crippen LogP contribution is 2.29. The first-order chi connectivity index (χ1) is 10.8. The zero-order valence-electron chi connectivity index (χ0n) is 12.6. The number of nitrogens with one attached hydrogen (secondary N) is 1. The Morgan fingerprint density at radius 1 is 1.39 bits per heavy atom. The van der Waals surface area contributed by atoms with Crippen LogP contribution in [0.2, 0.25) is 0 Å². The molecule has 6 nitrogen and oxygen atoms in total. The number of alkyl halides is 3. The molecule has 124 valence electrons. The summed E-state index contributed by atoms with van der Waals surface area (Å²) in [4.78, 5) is 17.2.